The number of amides is 1. The van der Waals surface area contributed by atoms with Gasteiger partial charge in [0.2, 0.25) is 5.82 Å². The minimum absolute atomic E-state index is 0.146. The lowest BCUT2D eigenvalue weighted by Crippen LogP contribution is -2.27. The van der Waals surface area contributed by atoms with Crippen LogP contribution in [0.4, 0.5) is 0 Å². The standard InChI is InChI=1S/C17H19N5O2/c1-11-9-12(2)22-17(18-11)19-15(20-22)16(23)21(3)10-13-5-7-14(24-4)8-6-13/h5-9H,10H2,1-4H3. The quantitative estimate of drug-likeness (QED) is 0.734. The second-order valence-electron chi connectivity index (χ2n) is 5.70. The van der Waals surface area contributed by atoms with Crippen molar-refractivity contribution in [1.82, 2.24) is 24.5 Å². The van der Waals surface area contributed by atoms with E-state index in [1.807, 2.05) is 44.2 Å². The number of rotatable bonds is 4. The predicted octanol–water partition coefficient (Wildman–Crippen LogP) is 2.02. The predicted molar refractivity (Wildman–Crippen MR) is 89.0 cm³/mol. The fourth-order valence-corrected chi connectivity index (χ4v) is 2.50. The van der Waals surface area contributed by atoms with E-state index < -0.39 is 0 Å². The van der Waals surface area contributed by atoms with Crippen LogP contribution < -0.4 is 4.74 Å². The van der Waals surface area contributed by atoms with Gasteiger partial charge >= 0.3 is 0 Å². The maximum Gasteiger partial charge on any atom is 0.293 e. The molecule has 0 saturated heterocycles. The second-order valence-corrected chi connectivity index (χ2v) is 5.70. The number of aromatic nitrogens is 4. The summed E-state index contributed by atoms with van der Waals surface area (Å²) >= 11 is 0. The van der Waals surface area contributed by atoms with Crippen molar-refractivity contribution >= 4 is 11.7 Å². The molecule has 2 heterocycles. The first-order valence-corrected chi connectivity index (χ1v) is 7.57. The minimum atomic E-state index is -0.242. The van der Waals surface area contributed by atoms with Crippen LogP contribution in [-0.2, 0) is 6.54 Å². The Morgan fingerprint density at radius 3 is 2.58 bits per heavy atom. The van der Waals surface area contributed by atoms with Crippen molar-refractivity contribution in [2.75, 3.05) is 14.2 Å². The van der Waals surface area contributed by atoms with E-state index in [0.717, 1.165) is 22.7 Å². The van der Waals surface area contributed by atoms with Crippen molar-refractivity contribution in [2.24, 2.45) is 0 Å². The van der Waals surface area contributed by atoms with Crippen LogP contribution in [0, 0.1) is 13.8 Å². The van der Waals surface area contributed by atoms with Gasteiger partial charge in [0, 0.05) is 25.0 Å². The Morgan fingerprint density at radius 1 is 1.21 bits per heavy atom. The molecule has 0 radical (unpaired) electrons. The number of carbonyl (C=O) groups is 1. The van der Waals surface area contributed by atoms with E-state index in [9.17, 15) is 4.79 Å². The highest BCUT2D eigenvalue weighted by atomic mass is 16.5. The van der Waals surface area contributed by atoms with Crippen molar-refractivity contribution in [2.45, 2.75) is 20.4 Å². The third-order valence-corrected chi connectivity index (χ3v) is 3.74. The summed E-state index contributed by atoms with van der Waals surface area (Å²) in [7, 11) is 3.35. The molecular formula is C17H19N5O2. The summed E-state index contributed by atoms with van der Waals surface area (Å²) in [6, 6.07) is 9.49. The van der Waals surface area contributed by atoms with E-state index in [2.05, 4.69) is 15.1 Å². The molecule has 1 amide bonds. The summed E-state index contributed by atoms with van der Waals surface area (Å²) in [5.74, 6) is 1.13. The van der Waals surface area contributed by atoms with Gasteiger partial charge in [0.15, 0.2) is 0 Å². The van der Waals surface area contributed by atoms with E-state index in [4.69, 9.17) is 4.74 Å². The lowest BCUT2D eigenvalue weighted by Gasteiger charge is -2.15. The lowest BCUT2D eigenvalue weighted by atomic mass is 10.2. The van der Waals surface area contributed by atoms with Gasteiger partial charge in [0.05, 0.1) is 7.11 Å². The zero-order valence-corrected chi connectivity index (χ0v) is 14.1. The number of benzene rings is 1. The first-order chi connectivity index (χ1) is 11.5. The maximum absolute atomic E-state index is 12.6. The Bertz CT molecular complexity index is 886. The molecule has 124 valence electrons. The van der Waals surface area contributed by atoms with Gasteiger partial charge in [-0.15, -0.1) is 5.10 Å². The Morgan fingerprint density at radius 2 is 1.92 bits per heavy atom. The van der Waals surface area contributed by atoms with Crippen LogP contribution in [-0.4, -0.2) is 44.5 Å². The molecule has 3 aromatic rings. The fraction of sp³-hybridized carbons (Fsp3) is 0.294. The summed E-state index contributed by atoms with van der Waals surface area (Å²) in [6.45, 7) is 4.26. The zero-order valence-electron chi connectivity index (χ0n) is 14.1. The summed E-state index contributed by atoms with van der Waals surface area (Å²) < 4.78 is 6.72. The van der Waals surface area contributed by atoms with Gasteiger partial charge in [0.25, 0.3) is 11.7 Å². The van der Waals surface area contributed by atoms with Crippen LogP contribution in [0.2, 0.25) is 0 Å². The van der Waals surface area contributed by atoms with Crippen molar-refractivity contribution in [1.29, 1.82) is 0 Å². The monoisotopic (exact) mass is 325 g/mol. The molecule has 1 aromatic carbocycles. The average molecular weight is 325 g/mol. The molecule has 24 heavy (non-hydrogen) atoms. The third-order valence-electron chi connectivity index (χ3n) is 3.74. The van der Waals surface area contributed by atoms with Crippen LogP contribution in [0.5, 0.6) is 5.75 Å². The SMILES string of the molecule is COc1ccc(CN(C)C(=O)c2nc3nc(C)cc(C)n3n2)cc1. The Kier molecular flexibility index (Phi) is 4.16. The first-order valence-electron chi connectivity index (χ1n) is 7.57. The van der Waals surface area contributed by atoms with Crippen LogP contribution in [0.25, 0.3) is 5.78 Å². The van der Waals surface area contributed by atoms with Crippen LogP contribution in [0.1, 0.15) is 27.6 Å². The summed E-state index contributed by atoms with van der Waals surface area (Å²) in [5.41, 5.74) is 2.74. The molecule has 7 nitrogen and oxygen atoms in total. The molecule has 0 atom stereocenters. The number of methoxy groups -OCH3 is 1. The van der Waals surface area contributed by atoms with Gasteiger partial charge in [-0.05, 0) is 37.6 Å². The van der Waals surface area contributed by atoms with Crippen LogP contribution in [0.15, 0.2) is 30.3 Å². The third kappa shape index (κ3) is 3.05. The minimum Gasteiger partial charge on any atom is -0.497 e. The molecule has 0 fully saturated rings. The van der Waals surface area contributed by atoms with E-state index in [1.165, 1.54) is 0 Å². The van der Waals surface area contributed by atoms with E-state index >= 15 is 0 Å². The summed E-state index contributed by atoms with van der Waals surface area (Å²) in [5, 5.41) is 4.28. The van der Waals surface area contributed by atoms with Crippen molar-refractivity contribution in [3.05, 3.63) is 53.1 Å². The average Bonchev–Trinajstić information content (AvgIpc) is 2.99. The zero-order chi connectivity index (χ0) is 17.3. The highest BCUT2D eigenvalue weighted by Gasteiger charge is 2.19. The maximum atomic E-state index is 12.6. The Hall–Kier alpha value is -2.96. The fourth-order valence-electron chi connectivity index (χ4n) is 2.50. The number of carbonyl (C=O) groups excluding carboxylic acids is 1. The van der Waals surface area contributed by atoms with E-state index in [1.54, 1.807) is 23.6 Å². The second kappa shape index (κ2) is 6.27. The summed E-state index contributed by atoms with van der Waals surface area (Å²) in [6.07, 6.45) is 0. The largest absolute Gasteiger partial charge is 0.497 e. The highest BCUT2D eigenvalue weighted by Crippen LogP contribution is 2.13. The molecule has 0 spiro atoms. The van der Waals surface area contributed by atoms with Gasteiger partial charge in [-0.2, -0.15) is 4.98 Å². The van der Waals surface area contributed by atoms with Crippen LogP contribution >= 0.6 is 0 Å². The molecular weight excluding hydrogens is 306 g/mol. The van der Waals surface area contributed by atoms with Crippen molar-refractivity contribution < 1.29 is 9.53 Å². The lowest BCUT2D eigenvalue weighted by molar-refractivity contribution is 0.0773. The van der Waals surface area contributed by atoms with Gasteiger partial charge in [-0.25, -0.2) is 9.50 Å². The highest BCUT2D eigenvalue weighted by molar-refractivity contribution is 5.90. The molecule has 0 aliphatic carbocycles. The molecule has 0 aliphatic rings. The topological polar surface area (TPSA) is 72.6 Å². The molecule has 7 heteroatoms. The molecule has 0 aliphatic heterocycles. The number of hydrogen-bond donors (Lipinski definition) is 0. The van der Waals surface area contributed by atoms with Gasteiger partial charge < -0.3 is 9.64 Å². The smallest absolute Gasteiger partial charge is 0.293 e. The van der Waals surface area contributed by atoms with E-state index in [0.29, 0.717) is 12.3 Å². The number of nitrogens with zero attached hydrogens (tertiary/aromatic N) is 5. The summed E-state index contributed by atoms with van der Waals surface area (Å²) in [4.78, 5) is 22.7. The molecule has 0 unspecified atom stereocenters. The van der Waals surface area contributed by atoms with Gasteiger partial charge in [-0.1, -0.05) is 12.1 Å². The molecule has 0 bridgehead atoms. The number of aryl methyl sites for hydroxylation is 2. The first kappa shape index (κ1) is 15.9. The number of hydrogen-bond acceptors (Lipinski definition) is 5. The Labute approximate surface area is 139 Å². The number of fused-ring (bicyclic) bond motifs is 1. The van der Waals surface area contributed by atoms with Crippen LogP contribution in [0.3, 0.4) is 0 Å². The molecule has 0 N–H and O–H groups in total. The number of ether oxygens (including phenoxy) is 1. The van der Waals surface area contributed by atoms with E-state index in [-0.39, 0.29) is 11.7 Å². The molecule has 3 rings (SSSR count). The van der Waals surface area contributed by atoms with Crippen molar-refractivity contribution in [3.8, 4) is 5.75 Å². The van der Waals surface area contributed by atoms with Crippen molar-refractivity contribution in [3.63, 3.8) is 0 Å². The molecule has 2 aromatic heterocycles. The normalized spacial score (nSPS) is 10.8. The van der Waals surface area contributed by atoms with Gasteiger partial charge in [-0.3, -0.25) is 4.79 Å². The Balaban J connectivity index is 1.81. The van der Waals surface area contributed by atoms with Gasteiger partial charge in [0.1, 0.15) is 5.75 Å². The molecule has 0 saturated carbocycles.